The zero-order chi connectivity index (χ0) is 11.2. The van der Waals surface area contributed by atoms with Crippen LogP contribution in [0.2, 0.25) is 0 Å². The van der Waals surface area contributed by atoms with Crippen molar-refractivity contribution in [2.24, 2.45) is 17.3 Å². The molecule has 0 aromatic rings. The summed E-state index contributed by atoms with van der Waals surface area (Å²) in [6.07, 6.45) is 3.05. The normalized spacial score (nSPS) is 36.9. The molecule has 0 radical (unpaired) electrons. The summed E-state index contributed by atoms with van der Waals surface area (Å²) in [4.78, 5) is 11.1. The maximum atomic E-state index is 11.1. The van der Waals surface area contributed by atoms with Gasteiger partial charge in [-0.1, -0.05) is 20.8 Å². The number of carboxylic acids is 1. The fraction of sp³-hybridized carbons (Fsp3) is 0.917. The van der Waals surface area contributed by atoms with Gasteiger partial charge in [0.2, 0.25) is 0 Å². The molecule has 0 aromatic carbocycles. The largest absolute Gasteiger partial charge is 0.481 e. The molecule has 86 valence electrons. The van der Waals surface area contributed by atoms with E-state index in [9.17, 15) is 4.79 Å². The van der Waals surface area contributed by atoms with Gasteiger partial charge in [-0.3, -0.25) is 4.79 Å². The summed E-state index contributed by atoms with van der Waals surface area (Å²) >= 11 is 0. The second kappa shape index (κ2) is 3.48. The molecule has 2 aliphatic rings. The Kier molecular flexibility index (Phi) is 2.53. The summed E-state index contributed by atoms with van der Waals surface area (Å²) in [5.41, 5.74) is 0.0529. The van der Waals surface area contributed by atoms with Crippen LogP contribution < -0.4 is 0 Å². The molecule has 0 aromatic heterocycles. The van der Waals surface area contributed by atoms with Gasteiger partial charge < -0.3 is 9.84 Å². The highest BCUT2D eigenvalue weighted by Crippen LogP contribution is 2.46. The first-order chi connectivity index (χ1) is 6.89. The minimum Gasteiger partial charge on any atom is -0.481 e. The minimum atomic E-state index is -0.682. The molecule has 15 heavy (non-hydrogen) atoms. The Labute approximate surface area is 90.8 Å². The van der Waals surface area contributed by atoms with Crippen LogP contribution in [0.25, 0.3) is 0 Å². The van der Waals surface area contributed by atoms with Crippen molar-refractivity contribution < 1.29 is 14.6 Å². The molecule has 3 nitrogen and oxygen atoms in total. The molecule has 1 aliphatic heterocycles. The predicted molar refractivity (Wildman–Crippen MR) is 56.6 cm³/mol. The third kappa shape index (κ3) is 2.17. The van der Waals surface area contributed by atoms with Gasteiger partial charge in [-0.05, 0) is 30.6 Å². The maximum absolute atomic E-state index is 11.1. The number of ether oxygens (including phenoxy) is 1. The lowest BCUT2D eigenvalue weighted by Gasteiger charge is -2.26. The fourth-order valence-corrected chi connectivity index (χ4v) is 2.37. The van der Waals surface area contributed by atoms with Gasteiger partial charge in [0.05, 0.1) is 18.1 Å². The Bertz CT molecular complexity index is 263. The average molecular weight is 212 g/mol. The van der Waals surface area contributed by atoms with Crippen molar-refractivity contribution in [1.82, 2.24) is 0 Å². The first-order valence-corrected chi connectivity index (χ1v) is 5.78. The standard InChI is InChI=1S/C12H20O3/c1-12(2,3)9-6-8(11(13)14)10(15-9)7-4-5-7/h7-10H,4-6H2,1-3H3,(H,13,14). The highest BCUT2D eigenvalue weighted by molar-refractivity contribution is 5.71. The summed E-state index contributed by atoms with van der Waals surface area (Å²) in [6, 6.07) is 0. The van der Waals surface area contributed by atoms with Gasteiger partial charge >= 0.3 is 5.97 Å². The smallest absolute Gasteiger partial charge is 0.309 e. The van der Waals surface area contributed by atoms with Crippen molar-refractivity contribution in [3.8, 4) is 0 Å². The lowest BCUT2D eigenvalue weighted by Crippen LogP contribution is -2.27. The van der Waals surface area contributed by atoms with Crippen LogP contribution in [-0.2, 0) is 9.53 Å². The second-order valence-corrected chi connectivity index (χ2v) is 5.97. The Morgan fingerprint density at radius 3 is 2.33 bits per heavy atom. The molecule has 1 N–H and O–H groups in total. The van der Waals surface area contributed by atoms with E-state index in [0.29, 0.717) is 12.3 Å². The van der Waals surface area contributed by atoms with Crippen molar-refractivity contribution in [2.45, 2.75) is 52.2 Å². The Balaban J connectivity index is 2.08. The number of carbonyl (C=O) groups is 1. The van der Waals surface area contributed by atoms with Crippen LogP contribution >= 0.6 is 0 Å². The third-order valence-corrected chi connectivity index (χ3v) is 3.56. The molecule has 1 heterocycles. The van der Waals surface area contributed by atoms with Crippen molar-refractivity contribution in [3.05, 3.63) is 0 Å². The third-order valence-electron chi connectivity index (χ3n) is 3.56. The topological polar surface area (TPSA) is 46.5 Å². The van der Waals surface area contributed by atoms with Gasteiger partial charge in [-0.25, -0.2) is 0 Å². The molecule has 0 bridgehead atoms. The first kappa shape index (κ1) is 10.9. The number of hydrogen-bond acceptors (Lipinski definition) is 2. The lowest BCUT2D eigenvalue weighted by molar-refractivity contribution is -0.144. The van der Waals surface area contributed by atoms with Gasteiger partial charge in [-0.2, -0.15) is 0 Å². The van der Waals surface area contributed by atoms with Gasteiger partial charge in [0.1, 0.15) is 0 Å². The number of aliphatic carboxylic acids is 1. The van der Waals surface area contributed by atoms with Crippen LogP contribution in [0.1, 0.15) is 40.0 Å². The summed E-state index contributed by atoms with van der Waals surface area (Å²) in [5.74, 6) is -0.446. The van der Waals surface area contributed by atoms with E-state index in [4.69, 9.17) is 9.84 Å². The Morgan fingerprint density at radius 2 is 1.93 bits per heavy atom. The second-order valence-electron chi connectivity index (χ2n) is 5.97. The van der Waals surface area contributed by atoms with Crippen LogP contribution in [-0.4, -0.2) is 23.3 Å². The van der Waals surface area contributed by atoms with E-state index >= 15 is 0 Å². The number of hydrogen-bond donors (Lipinski definition) is 1. The van der Waals surface area contributed by atoms with Crippen molar-refractivity contribution >= 4 is 5.97 Å². The SMILES string of the molecule is CC(C)(C)C1CC(C(=O)O)C(C2CC2)O1. The highest BCUT2D eigenvalue weighted by Gasteiger charge is 2.49. The Hall–Kier alpha value is -0.570. The lowest BCUT2D eigenvalue weighted by atomic mass is 9.84. The molecule has 1 saturated carbocycles. The molecule has 3 heteroatoms. The summed E-state index contributed by atoms with van der Waals surface area (Å²) < 4.78 is 5.94. The molecule has 1 aliphatic carbocycles. The van der Waals surface area contributed by atoms with Crippen LogP contribution in [0.3, 0.4) is 0 Å². The average Bonchev–Trinajstić information content (AvgIpc) is 2.81. The number of carboxylic acid groups (broad SMARTS) is 1. The van der Waals surface area contributed by atoms with E-state index in [-0.39, 0.29) is 23.5 Å². The van der Waals surface area contributed by atoms with E-state index in [2.05, 4.69) is 20.8 Å². The first-order valence-electron chi connectivity index (χ1n) is 5.78. The van der Waals surface area contributed by atoms with Crippen molar-refractivity contribution in [2.75, 3.05) is 0 Å². The van der Waals surface area contributed by atoms with Crippen LogP contribution in [0.15, 0.2) is 0 Å². The van der Waals surface area contributed by atoms with Crippen LogP contribution in [0, 0.1) is 17.3 Å². The summed E-state index contributed by atoms with van der Waals surface area (Å²) in [6.45, 7) is 6.35. The van der Waals surface area contributed by atoms with Gasteiger partial charge in [0.25, 0.3) is 0 Å². The van der Waals surface area contributed by atoms with E-state index in [1.807, 2.05) is 0 Å². The van der Waals surface area contributed by atoms with Crippen LogP contribution in [0.4, 0.5) is 0 Å². The van der Waals surface area contributed by atoms with Gasteiger partial charge in [0.15, 0.2) is 0 Å². The predicted octanol–water partition coefficient (Wildman–Crippen LogP) is 2.30. The van der Waals surface area contributed by atoms with E-state index in [0.717, 1.165) is 12.8 Å². The van der Waals surface area contributed by atoms with Crippen LogP contribution in [0.5, 0.6) is 0 Å². The summed E-state index contributed by atoms with van der Waals surface area (Å²) in [7, 11) is 0. The monoisotopic (exact) mass is 212 g/mol. The summed E-state index contributed by atoms with van der Waals surface area (Å²) in [5, 5.41) is 9.16. The van der Waals surface area contributed by atoms with Gasteiger partial charge in [-0.15, -0.1) is 0 Å². The van der Waals surface area contributed by atoms with Gasteiger partial charge in [0, 0.05) is 0 Å². The molecular formula is C12H20O3. The minimum absolute atomic E-state index is 0.0216. The van der Waals surface area contributed by atoms with E-state index in [1.165, 1.54) is 0 Å². The van der Waals surface area contributed by atoms with Crippen molar-refractivity contribution in [1.29, 1.82) is 0 Å². The zero-order valence-corrected chi connectivity index (χ0v) is 9.69. The molecule has 0 spiro atoms. The Morgan fingerprint density at radius 1 is 1.33 bits per heavy atom. The molecule has 0 amide bonds. The fourth-order valence-electron chi connectivity index (χ4n) is 2.37. The van der Waals surface area contributed by atoms with E-state index in [1.54, 1.807) is 0 Å². The molecular weight excluding hydrogens is 192 g/mol. The zero-order valence-electron chi connectivity index (χ0n) is 9.69. The molecule has 3 atom stereocenters. The molecule has 2 rings (SSSR count). The quantitative estimate of drug-likeness (QED) is 0.764. The molecule has 3 unspecified atom stereocenters. The highest BCUT2D eigenvalue weighted by atomic mass is 16.5. The maximum Gasteiger partial charge on any atom is 0.309 e. The van der Waals surface area contributed by atoms with Crippen molar-refractivity contribution in [3.63, 3.8) is 0 Å². The number of rotatable bonds is 2. The molecule has 2 fully saturated rings. The molecule has 1 saturated heterocycles. The van der Waals surface area contributed by atoms with E-state index < -0.39 is 5.97 Å².